The molecule has 0 unspecified atom stereocenters. The fraction of sp³-hybridized carbons (Fsp3) is 0.125. The second-order valence-electron chi connectivity index (χ2n) is 4.74. The fourth-order valence-corrected chi connectivity index (χ4v) is 3.33. The Labute approximate surface area is 148 Å². The predicted octanol–water partition coefficient (Wildman–Crippen LogP) is 4.21. The second-order valence-corrected chi connectivity index (χ2v) is 6.91. The van der Waals surface area contributed by atoms with Crippen molar-refractivity contribution >= 4 is 52.5 Å². The zero-order chi connectivity index (χ0) is 17.0. The van der Waals surface area contributed by atoms with E-state index in [1.54, 1.807) is 49.4 Å². The Morgan fingerprint density at radius 1 is 1.09 bits per heavy atom. The summed E-state index contributed by atoms with van der Waals surface area (Å²) in [6.07, 6.45) is 0. The summed E-state index contributed by atoms with van der Waals surface area (Å²) in [7, 11) is 0. The summed E-state index contributed by atoms with van der Waals surface area (Å²) >= 11 is 13.5. The molecule has 2 amide bonds. The molecule has 2 aromatic carbocycles. The van der Waals surface area contributed by atoms with E-state index < -0.39 is 11.2 Å². The lowest BCUT2D eigenvalue weighted by molar-refractivity contribution is -0.115. The molecule has 120 valence electrons. The highest BCUT2D eigenvalue weighted by atomic mass is 35.5. The lowest BCUT2D eigenvalue weighted by Gasteiger charge is -2.14. The fourth-order valence-electron chi connectivity index (χ4n) is 1.79. The average molecular weight is 369 g/mol. The molecule has 0 bridgehead atoms. The van der Waals surface area contributed by atoms with Crippen LogP contribution in [-0.4, -0.2) is 17.1 Å². The van der Waals surface area contributed by atoms with E-state index in [1.807, 2.05) is 0 Å². The Morgan fingerprint density at radius 2 is 1.65 bits per heavy atom. The van der Waals surface area contributed by atoms with Gasteiger partial charge < -0.3 is 11.1 Å². The third-order valence-electron chi connectivity index (χ3n) is 3.02. The molecule has 4 nitrogen and oxygen atoms in total. The van der Waals surface area contributed by atoms with Crippen molar-refractivity contribution in [3.63, 3.8) is 0 Å². The van der Waals surface area contributed by atoms with Crippen molar-refractivity contribution in [2.24, 2.45) is 5.73 Å². The number of primary amides is 1. The number of hydrogen-bond donors (Lipinski definition) is 2. The van der Waals surface area contributed by atoms with E-state index in [9.17, 15) is 9.59 Å². The molecule has 0 aliphatic carbocycles. The van der Waals surface area contributed by atoms with E-state index in [2.05, 4.69) is 5.32 Å². The molecule has 0 saturated carbocycles. The van der Waals surface area contributed by atoms with Gasteiger partial charge in [0, 0.05) is 16.1 Å². The van der Waals surface area contributed by atoms with Crippen LogP contribution in [0.1, 0.15) is 17.3 Å². The van der Waals surface area contributed by atoms with E-state index in [0.29, 0.717) is 26.2 Å². The van der Waals surface area contributed by atoms with Gasteiger partial charge in [-0.15, -0.1) is 11.8 Å². The predicted molar refractivity (Wildman–Crippen MR) is 95.4 cm³/mol. The normalized spacial score (nSPS) is 11.8. The van der Waals surface area contributed by atoms with Crippen molar-refractivity contribution in [2.75, 3.05) is 5.32 Å². The molecular weight excluding hydrogens is 355 g/mol. The quantitative estimate of drug-likeness (QED) is 0.776. The Hall–Kier alpha value is -1.69. The van der Waals surface area contributed by atoms with Crippen LogP contribution in [0.2, 0.25) is 10.0 Å². The minimum absolute atomic E-state index is 0.196. The summed E-state index contributed by atoms with van der Waals surface area (Å²) in [5.41, 5.74) is 6.14. The van der Waals surface area contributed by atoms with E-state index in [1.165, 1.54) is 11.8 Å². The maximum absolute atomic E-state index is 12.2. The van der Waals surface area contributed by atoms with Crippen LogP contribution >= 0.6 is 35.0 Å². The van der Waals surface area contributed by atoms with Crippen LogP contribution in [0.3, 0.4) is 0 Å². The van der Waals surface area contributed by atoms with Gasteiger partial charge in [-0.25, -0.2) is 0 Å². The van der Waals surface area contributed by atoms with Crippen molar-refractivity contribution < 1.29 is 9.59 Å². The highest BCUT2D eigenvalue weighted by Crippen LogP contribution is 2.36. The molecule has 0 aliphatic rings. The molecule has 0 aliphatic heterocycles. The summed E-state index contributed by atoms with van der Waals surface area (Å²) in [4.78, 5) is 23.9. The molecule has 0 heterocycles. The molecular formula is C16H14Cl2N2O2S. The van der Waals surface area contributed by atoms with Crippen molar-refractivity contribution in [3.8, 4) is 0 Å². The molecule has 7 heteroatoms. The van der Waals surface area contributed by atoms with Gasteiger partial charge >= 0.3 is 0 Å². The van der Waals surface area contributed by atoms with E-state index >= 15 is 0 Å². The van der Waals surface area contributed by atoms with Crippen LogP contribution in [-0.2, 0) is 4.79 Å². The molecule has 0 fully saturated rings. The maximum Gasteiger partial charge on any atom is 0.248 e. The number of anilines is 1. The molecule has 0 spiro atoms. The van der Waals surface area contributed by atoms with Crippen molar-refractivity contribution in [1.29, 1.82) is 0 Å². The summed E-state index contributed by atoms with van der Waals surface area (Å²) in [5.74, 6) is -0.710. The topological polar surface area (TPSA) is 72.2 Å². The summed E-state index contributed by atoms with van der Waals surface area (Å²) in [5, 5.41) is 3.38. The Kier molecular flexibility index (Phi) is 5.93. The number of carbonyl (C=O) groups is 2. The van der Waals surface area contributed by atoms with Gasteiger partial charge in [0.2, 0.25) is 11.8 Å². The molecule has 23 heavy (non-hydrogen) atoms. The monoisotopic (exact) mass is 368 g/mol. The minimum atomic E-state index is -0.514. The first kappa shape index (κ1) is 17.7. The van der Waals surface area contributed by atoms with Gasteiger partial charge in [0.05, 0.1) is 15.3 Å². The highest BCUT2D eigenvalue weighted by molar-refractivity contribution is 8.00. The number of nitrogens with one attached hydrogen (secondary N) is 1. The maximum atomic E-state index is 12.2. The third-order valence-corrected chi connectivity index (χ3v) is 5.12. The Balaban J connectivity index is 2.04. The average Bonchev–Trinajstić information content (AvgIpc) is 2.51. The smallest absolute Gasteiger partial charge is 0.248 e. The zero-order valence-corrected chi connectivity index (χ0v) is 14.5. The number of halogens is 2. The molecule has 2 rings (SSSR count). The van der Waals surface area contributed by atoms with Gasteiger partial charge in [-0.2, -0.15) is 0 Å². The number of carbonyl (C=O) groups excluding carboxylic acids is 2. The SMILES string of the molecule is C[C@H](Sc1c(Cl)cccc1Cl)C(=O)Nc1ccc(C(N)=O)cc1. The van der Waals surface area contributed by atoms with Crippen LogP contribution in [0.5, 0.6) is 0 Å². The first-order valence-electron chi connectivity index (χ1n) is 6.70. The van der Waals surface area contributed by atoms with E-state index in [4.69, 9.17) is 28.9 Å². The van der Waals surface area contributed by atoms with Crippen molar-refractivity contribution in [2.45, 2.75) is 17.1 Å². The summed E-state index contributed by atoms with van der Waals surface area (Å²) < 4.78 is 0. The van der Waals surface area contributed by atoms with Crippen LogP contribution in [0.4, 0.5) is 5.69 Å². The number of hydrogen-bond acceptors (Lipinski definition) is 3. The minimum Gasteiger partial charge on any atom is -0.366 e. The van der Waals surface area contributed by atoms with Crippen LogP contribution in [0.25, 0.3) is 0 Å². The summed E-state index contributed by atoms with van der Waals surface area (Å²) in [6.45, 7) is 1.76. The number of amides is 2. The number of benzene rings is 2. The number of rotatable bonds is 5. The van der Waals surface area contributed by atoms with Crippen molar-refractivity contribution in [1.82, 2.24) is 0 Å². The second kappa shape index (κ2) is 7.73. The van der Waals surface area contributed by atoms with E-state index in [0.717, 1.165) is 0 Å². The van der Waals surface area contributed by atoms with Gasteiger partial charge in [0.15, 0.2) is 0 Å². The van der Waals surface area contributed by atoms with Crippen LogP contribution in [0.15, 0.2) is 47.4 Å². The largest absolute Gasteiger partial charge is 0.366 e. The van der Waals surface area contributed by atoms with Gasteiger partial charge in [0.25, 0.3) is 0 Å². The first-order valence-corrected chi connectivity index (χ1v) is 8.33. The first-order chi connectivity index (χ1) is 10.9. The number of thioether (sulfide) groups is 1. The lowest BCUT2D eigenvalue weighted by atomic mass is 10.2. The summed E-state index contributed by atoms with van der Waals surface area (Å²) in [6, 6.07) is 11.6. The van der Waals surface area contributed by atoms with Crippen LogP contribution < -0.4 is 11.1 Å². The molecule has 1 atom stereocenters. The lowest BCUT2D eigenvalue weighted by Crippen LogP contribution is -2.22. The van der Waals surface area contributed by atoms with Gasteiger partial charge in [-0.3, -0.25) is 9.59 Å². The standard InChI is InChI=1S/C16H14Cl2N2O2S/c1-9(23-14-12(17)3-2-4-13(14)18)16(22)20-11-7-5-10(6-8-11)15(19)21/h2-9H,1H3,(H2,19,21)(H,20,22)/t9-/m0/s1. The van der Waals surface area contributed by atoms with Gasteiger partial charge in [-0.1, -0.05) is 29.3 Å². The highest BCUT2D eigenvalue weighted by Gasteiger charge is 2.18. The Morgan fingerprint density at radius 3 is 2.17 bits per heavy atom. The molecule has 0 saturated heterocycles. The Bertz CT molecular complexity index is 715. The van der Waals surface area contributed by atoms with Gasteiger partial charge in [0.1, 0.15) is 0 Å². The van der Waals surface area contributed by atoms with Gasteiger partial charge in [-0.05, 0) is 43.3 Å². The third kappa shape index (κ3) is 4.64. The van der Waals surface area contributed by atoms with E-state index in [-0.39, 0.29) is 5.91 Å². The molecule has 0 radical (unpaired) electrons. The molecule has 2 aromatic rings. The zero-order valence-electron chi connectivity index (χ0n) is 12.2. The van der Waals surface area contributed by atoms with Crippen molar-refractivity contribution in [3.05, 3.63) is 58.1 Å². The number of nitrogens with two attached hydrogens (primary N) is 1. The molecule has 3 N–H and O–H groups in total. The molecule has 0 aromatic heterocycles. The van der Waals surface area contributed by atoms with Crippen LogP contribution in [0, 0.1) is 0 Å².